The van der Waals surface area contributed by atoms with Gasteiger partial charge in [-0.05, 0) is 24.3 Å². The summed E-state index contributed by atoms with van der Waals surface area (Å²) in [5.41, 5.74) is 2.81. The van der Waals surface area contributed by atoms with Gasteiger partial charge in [-0.25, -0.2) is 4.98 Å². The van der Waals surface area contributed by atoms with Crippen molar-refractivity contribution in [1.29, 1.82) is 0 Å². The molecule has 3 heteroatoms. The minimum absolute atomic E-state index is 0.142. The molecule has 2 aromatic rings. The maximum atomic E-state index is 11.2. The lowest BCUT2D eigenvalue weighted by Gasteiger charge is -2.03. The number of hydrogen-bond acceptors (Lipinski definition) is 2. The minimum atomic E-state index is 0.142. The molecule has 1 aliphatic rings. The molecule has 2 aromatic heterocycles. The fourth-order valence-electron chi connectivity index (χ4n) is 1.77. The van der Waals surface area contributed by atoms with E-state index in [1.165, 1.54) is 0 Å². The van der Waals surface area contributed by atoms with Crippen LogP contribution in [0.2, 0.25) is 0 Å². The second-order valence-corrected chi connectivity index (χ2v) is 3.35. The zero-order valence-electron chi connectivity index (χ0n) is 7.47. The molecule has 0 bridgehead atoms. The van der Waals surface area contributed by atoms with Crippen molar-refractivity contribution in [2.45, 2.75) is 6.42 Å². The summed E-state index contributed by atoms with van der Waals surface area (Å²) in [6.45, 7) is 0. The average molecular weight is 184 g/mol. The lowest BCUT2D eigenvalue weighted by Crippen LogP contribution is -2.06. The Morgan fingerprint density at radius 1 is 1.29 bits per heavy atom. The van der Waals surface area contributed by atoms with Gasteiger partial charge in [0.05, 0.1) is 17.8 Å². The van der Waals surface area contributed by atoms with Crippen molar-refractivity contribution >= 4 is 17.5 Å². The van der Waals surface area contributed by atoms with Crippen LogP contribution in [-0.4, -0.2) is 15.2 Å². The molecule has 2 heterocycles. The topological polar surface area (TPSA) is 34.4 Å². The summed E-state index contributed by atoms with van der Waals surface area (Å²) in [7, 11) is 0. The molecule has 3 nitrogen and oxygen atoms in total. The van der Waals surface area contributed by atoms with E-state index < -0.39 is 0 Å². The average Bonchev–Trinajstić information content (AvgIpc) is 2.56. The van der Waals surface area contributed by atoms with Crippen molar-refractivity contribution in [3.05, 3.63) is 41.9 Å². The Kier molecular flexibility index (Phi) is 1.36. The van der Waals surface area contributed by atoms with E-state index in [1.807, 2.05) is 28.8 Å². The van der Waals surface area contributed by atoms with Crippen LogP contribution < -0.4 is 0 Å². The third-order valence-electron chi connectivity index (χ3n) is 2.43. The Hall–Kier alpha value is -1.90. The fraction of sp³-hybridized carbons (Fsp3) is 0.0909. The highest BCUT2D eigenvalue weighted by molar-refractivity contribution is 5.97. The molecule has 14 heavy (non-hydrogen) atoms. The predicted octanol–water partition coefficient (Wildman–Crippen LogP) is 1.47. The molecule has 0 spiro atoms. The number of pyridine rings is 1. The molecule has 0 N–H and O–H groups in total. The number of imidazole rings is 1. The first-order valence-electron chi connectivity index (χ1n) is 4.51. The lowest BCUT2D eigenvalue weighted by molar-refractivity contribution is -0.114. The van der Waals surface area contributed by atoms with Crippen LogP contribution >= 0.6 is 0 Å². The Bertz CT molecular complexity index is 551. The first kappa shape index (κ1) is 7.50. The van der Waals surface area contributed by atoms with Crippen LogP contribution in [0.3, 0.4) is 0 Å². The number of allylic oxidation sites excluding steroid dienone is 1. The molecular weight excluding hydrogens is 176 g/mol. The molecule has 0 amide bonds. The van der Waals surface area contributed by atoms with Crippen molar-refractivity contribution < 1.29 is 4.79 Å². The van der Waals surface area contributed by atoms with Crippen molar-refractivity contribution in [2.24, 2.45) is 0 Å². The monoisotopic (exact) mass is 184 g/mol. The largest absolute Gasteiger partial charge is 0.303 e. The van der Waals surface area contributed by atoms with Gasteiger partial charge >= 0.3 is 0 Å². The van der Waals surface area contributed by atoms with Crippen LogP contribution in [0.5, 0.6) is 0 Å². The molecule has 0 saturated heterocycles. The molecule has 1 aliphatic carbocycles. The summed E-state index contributed by atoms with van der Waals surface area (Å²) in [6, 6.07) is 5.83. The fourth-order valence-corrected chi connectivity index (χ4v) is 1.77. The Morgan fingerprint density at radius 2 is 2.21 bits per heavy atom. The van der Waals surface area contributed by atoms with Crippen LogP contribution in [0.15, 0.2) is 30.5 Å². The van der Waals surface area contributed by atoms with E-state index in [2.05, 4.69) is 4.98 Å². The zero-order valence-corrected chi connectivity index (χ0v) is 7.47. The van der Waals surface area contributed by atoms with Gasteiger partial charge in [-0.15, -0.1) is 0 Å². The molecule has 0 aliphatic heterocycles. The van der Waals surface area contributed by atoms with E-state index in [0.29, 0.717) is 6.42 Å². The quantitative estimate of drug-likeness (QED) is 0.621. The standard InChI is InChI=1S/C11H8N2O/c14-8-4-5-9-10(7-8)13-6-2-1-3-11(13)12-9/h1-6H,7H2. The molecule has 0 atom stereocenters. The van der Waals surface area contributed by atoms with E-state index in [-0.39, 0.29) is 5.78 Å². The van der Waals surface area contributed by atoms with Crippen molar-refractivity contribution in [3.63, 3.8) is 0 Å². The minimum Gasteiger partial charge on any atom is -0.303 e. The van der Waals surface area contributed by atoms with E-state index in [0.717, 1.165) is 17.0 Å². The van der Waals surface area contributed by atoms with E-state index in [1.54, 1.807) is 12.2 Å². The number of fused-ring (bicyclic) bond motifs is 3. The summed E-state index contributed by atoms with van der Waals surface area (Å²) < 4.78 is 1.97. The van der Waals surface area contributed by atoms with Crippen LogP contribution in [0.1, 0.15) is 11.4 Å². The molecule has 0 radical (unpaired) electrons. The Labute approximate surface area is 80.7 Å². The number of ketones is 1. The van der Waals surface area contributed by atoms with Crippen LogP contribution in [-0.2, 0) is 11.2 Å². The zero-order chi connectivity index (χ0) is 9.54. The van der Waals surface area contributed by atoms with Gasteiger partial charge in [-0.2, -0.15) is 0 Å². The molecule has 3 rings (SSSR count). The molecule has 0 saturated carbocycles. The third kappa shape index (κ3) is 0.923. The normalized spacial score (nSPS) is 14.7. The van der Waals surface area contributed by atoms with Crippen molar-refractivity contribution in [3.8, 4) is 0 Å². The molecule has 68 valence electrons. The molecule has 0 unspecified atom stereocenters. The van der Waals surface area contributed by atoms with Gasteiger partial charge in [0, 0.05) is 6.20 Å². The molecule has 0 aromatic carbocycles. The highest BCUT2D eigenvalue weighted by atomic mass is 16.1. The first-order valence-corrected chi connectivity index (χ1v) is 4.51. The van der Waals surface area contributed by atoms with Gasteiger partial charge in [0.1, 0.15) is 5.65 Å². The van der Waals surface area contributed by atoms with Gasteiger partial charge in [0.2, 0.25) is 0 Å². The Morgan fingerprint density at radius 3 is 3.14 bits per heavy atom. The lowest BCUT2D eigenvalue weighted by atomic mass is 10.1. The SMILES string of the molecule is O=C1C=Cc2nc3ccccn3c2C1. The Balaban J connectivity index is 2.37. The molecular formula is C11H8N2O. The van der Waals surface area contributed by atoms with Crippen molar-refractivity contribution in [1.82, 2.24) is 9.38 Å². The maximum absolute atomic E-state index is 11.2. The number of carbonyl (C=O) groups is 1. The van der Waals surface area contributed by atoms with Crippen LogP contribution in [0.25, 0.3) is 11.7 Å². The maximum Gasteiger partial charge on any atom is 0.161 e. The number of carbonyl (C=O) groups excluding carboxylic acids is 1. The van der Waals surface area contributed by atoms with Gasteiger partial charge in [-0.3, -0.25) is 4.79 Å². The number of nitrogens with zero attached hydrogens (tertiary/aromatic N) is 2. The summed E-state index contributed by atoms with van der Waals surface area (Å²) in [6.07, 6.45) is 5.77. The second kappa shape index (κ2) is 2.54. The summed E-state index contributed by atoms with van der Waals surface area (Å²) >= 11 is 0. The number of hydrogen-bond donors (Lipinski definition) is 0. The molecule has 0 fully saturated rings. The van der Waals surface area contributed by atoms with E-state index in [4.69, 9.17) is 0 Å². The third-order valence-corrected chi connectivity index (χ3v) is 2.43. The van der Waals surface area contributed by atoms with E-state index in [9.17, 15) is 4.79 Å². The van der Waals surface area contributed by atoms with Gasteiger partial charge < -0.3 is 4.40 Å². The van der Waals surface area contributed by atoms with Crippen LogP contribution in [0, 0.1) is 0 Å². The highest BCUT2D eigenvalue weighted by Gasteiger charge is 2.15. The van der Waals surface area contributed by atoms with E-state index >= 15 is 0 Å². The van der Waals surface area contributed by atoms with Crippen LogP contribution in [0.4, 0.5) is 0 Å². The number of aromatic nitrogens is 2. The second-order valence-electron chi connectivity index (χ2n) is 3.35. The van der Waals surface area contributed by atoms with Crippen molar-refractivity contribution in [2.75, 3.05) is 0 Å². The smallest absolute Gasteiger partial charge is 0.161 e. The number of rotatable bonds is 0. The predicted molar refractivity (Wildman–Crippen MR) is 52.9 cm³/mol. The van der Waals surface area contributed by atoms with Gasteiger partial charge in [-0.1, -0.05) is 6.07 Å². The summed E-state index contributed by atoms with van der Waals surface area (Å²) in [4.78, 5) is 15.7. The summed E-state index contributed by atoms with van der Waals surface area (Å²) in [5.74, 6) is 0.142. The first-order chi connectivity index (χ1) is 6.84. The van der Waals surface area contributed by atoms with Gasteiger partial charge in [0.15, 0.2) is 5.78 Å². The summed E-state index contributed by atoms with van der Waals surface area (Å²) in [5, 5.41) is 0. The highest BCUT2D eigenvalue weighted by Crippen LogP contribution is 2.18. The van der Waals surface area contributed by atoms with Gasteiger partial charge in [0.25, 0.3) is 0 Å².